The number of hydrogen-bond acceptors (Lipinski definition) is 3. The number of hydrogen-bond donors (Lipinski definition) is 2. The first-order valence-corrected chi connectivity index (χ1v) is 4.51. The molecule has 3 N–H and O–H groups in total. The second-order valence-electron chi connectivity index (χ2n) is 3.27. The smallest absolute Gasteiger partial charge is 0.300 e. The number of unbranched alkanes of at least 4 members (excludes halogenated alkanes) is 1. The van der Waals surface area contributed by atoms with E-state index in [0.29, 0.717) is 6.54 Å². The molecule has 0 aliphatic heterocycles. The number of rotatable bonds is 6. The van der Waals surface area contributed by atoms with Crippen molar-refractivity contribution in [1.82, 2.24) is 10.3 Å². The van der Waals surface area contributed by atoms with Crippen molar-refractivity contribution in [2.45, 2.75) is 25.7 Å². The van der Waals surface area contributed by atoms with Gasteiger partial charge >= 0.3 is 11.8 Å². The van der Waals surface area contributed by atoms with Gasteiger partial charge in [-0.15, -0.1) is 0 Å². The number of carbonyl (C=O) groups excluding carboxylic acids is 1. The average Bonchev–Trinajstić information content (AvgIpc) is 2.12. The number of carbonyl (C=O) groups is 1. The third-order valence-corrected chi connectivity index (χ3v) is 1.83. The highest BCUT2D eigenvalue weighted by Gasteiger charge is 2.39. The number of alkyl halides is 2. The summed E-state index contributed by atoms with van der Waals surface area (Å²) in [5, 5.41) is 0. The fourth-order valence-electron chi connectivity index (χ4n) is 1.02. The van der Waals surface area contributed by atoms with Crippen LogP contribution in [0.4, 0.5) is 8.78 Å². The van der Waals surface area contributed by atoms with E-state index in [2.05, 4.69) is 5.84 Å². The molecule has 0 spiro atoms. The summed E-state index contributed by atoms with van der Waals surface area (Å²) in [7, 11) is 1.55. The van der Waals surface area contributed by atoms with Crippen molar-refractivity contribution in [3.05, 3.63) is 0 Å². The van der Waals surface area contributed by atoms with Crippen LogP contribution in [-0.2, 0) is 4.79 Å². The monoisotopic (exact) mass is 209 g/mol. The van der Waals surface area contributed by atoms with Gasteiger partial charge in [-0.3, -0.25) is 10.2 Å². The van der Waals surface area contributed by atoms with Crippen molar-refractivity contribution in [1.29, 1.82) is 0 Å². The third-order valence-electron chi connectivity index (χ3n) is 1.83. The molecule has 0 atom stereocenters. The number of nitrogens with one attached hydrogen (secondary N) is 1. The predicted molar refractivity (Wildman–Crippen MR) is 49.7 cm³/mol. The zero-order chi connectivity index (χ0) is 11.2. The van der Waals surface area contributed by atoms with Crippen LogP contribution in [0.2, 0.25) is 0 Å². The zero-order valence-corrected chi connectivity index (χ0v) is 8.52. The van der Waals surface area contributed by atoms with Crippen LogP contribution in [0.5, 0.6) is 0 Å². The van der Waals surface area contributed by atoms with E-state index in [0.717, 1.165) is 12.8 Å². The van der Waals surface area contributed by atoms with Crippen LogP contribution < -0.4 is 11.3 Å². The third kappa shape index (κ3) is 4.48. The van der Waals surface area contributed by atoms with Gasteiger partial charge in [0, 0.05) is 0 Å². The number of halogens is 2. The maximum Gasteiger partial charge on any atom is 0.338 e. The van der Waals surface area contributed by atoms with Crippen LogP contribution in [0, 0.1) is 0 Å². The summed E-state index contributed by atoms with van der Waals surface area (Å²) >= 11 is 0. The Morgan fingerprint density at radius 3 is 2.57 bits per heavy atom. The highest BCUT2D eigenvalue weighted by Crippen LogP contribution is 2.14. The number of hydrazine groups is 1. The molecule has 0 aromatic carbocycles. The Bertz CT molecular complexity index is 187. The average molecular weight is 209 g/mol. The SMILES string of the molecule is CCCCN(C)CC(F)(F)C(=O)NN. The van der Waals surface area contributed by atoms with Crippen LogP contribution in [0.25, 0.3) is 0 Å². The molecule has 6 heteroatoms. The van der Waals surface area contributed by atoms with Gasteiger partial charge in [-0.25, -0.2) is 5.84 Å². The summed E-state index contributed by atoms with van der Waals surface area (Å²) in [5.41, 5.74) is 1.45. The van der Waals surface area contributed by atoms with Gasteiger partial charge in [-0.2, -0.15) is 8.78 Å². The lowest BCUT2D eigenvalue weighted by Gasteiger charge is -2.21. The van der Waals surface area contributed by atoms with Crippen molar-refractivity contribution in [2.24, 2.45) is 5.84 Å². The van der Waals surface area contributed by atoms with Gasteiger partial charge in [-0.1, -0.05) is 13.3 Å². The first kappa shape index (κ1) is 13.2. The molecule has 0 saturated heterocycles. The summed E-state index contributed by atoms with van der Waals surface area (Å²) in [5.74, 6) is -0.227. The molecule has 14 heavy (non-hydrogen) atoms. The second-order valence-corrected chi connectivity index (χ2v) is 3.27. The molecule has 0 saturated carbocycles. The maximum atomic E-state index is 13.0. The lowest BCUT2D eigenvalue weighted by Crippen LogP contribution is -2.49. The standard InChI is InChI=1S/C8H17F2N3O/c1-3-4-5-13(2)6-8(9,10)7(14)12-11/h3-6,11H2,1-2H3,(H,12,14). The molecule has 84 valence electrons. The summed E-state index contributed by atoms with van der Waals surface area (Å²) in [4.78, 5) is 12.0. The van der Waals surface area contributed by atoms with Crippen LogP contribution in [0.1, 0.15) is 19.8 Å². The molecule has 0 aromatic heterocycles. The molecule has 0 radical (unpaired) electrons. The molecule has 1 amide bonds. The van der Waals surface area contributed by atoms with Gasteiger partial charge in [0.15, 0.2) is 0 Å². The fraction of sp³-hybridized carbons (Fsp3) is 0.875. The minimum atomic E-state index is -3.42. The van der Waals surface area contributed by atoms with Crippen LogP contribution in [-0.4, -0.2) is 36.9 Å². The lowest BCUT2D eigenvalue weighted by atomic mass is 10.2. The predicted octanol–water partition coefficient (Wildman–Crippen LogP) is 0.344. The molecule has 0 fully saturated rings. The maximum absolute atomic E-state index is 13.0. The quantitative estimate of drug-likeness (QED) is 0.377. The summed E-state index contributed by atoms with van der Waals surface area (Å²) in [6.07, 6.45) is 1.76. The Labute approximate surface area is 82.4 Å². The van der Waals surface area contributed by atoms with Gasteiger partial charge in [-0.05, 0) is 20.0 Å². The highest BCUT2D eigenvalue weighted by molar-refractivity contribution is 5.82. The van der Waals surface area contributed by atoms with E-state index in [-0.39, 0.29) is 0 Å². The Balaban J connectivity index is 4.01. The van der Waals surface area contributed by atoms with E-state index in [1.165, 1.54) is 10.3 Å². The van der Waals surface area contributed by atoms with Gasteiger partial charge < -0.3 is 4.90 Å². The van der Waals surface area contributed by atoms with Crippen molar-refractivity contribution in [3.63, 3.8) is 0 Å². The molecule has 0 bridgehead atoms. The lowest BCUT2D eigenvalue weighted by molar-refractivity contribution is -0.147. The van der Waals surface area contributed by atoms with Gasteiger partial charge in [0.2, 0.25) is 0 Å². The molecule has 0 rings (SSSR count). The fourth-order valence-corrected chi connectivity index (χ4v) is 1.02. The number of nitrogens with zero attached hydrogens (tertiary/aromatic N) is 1. The normalized spacial score (nSPS) is 11.9. The number of nitrogens with two attached hydrogens (primary N) is 1. The van der Waals surface area contributed by atoms with Crippen molar-refractivity contribution >= 4 is 5.91 Å². The summed E-state index contributed by atoms with van der Waals surface area (Å²) < 4.78 is 25.9. The Hall–Kier alpha value is -0.750. The molecule has 0 aliphatic rings. The van der Waals surface area contributed by atoms with Crippen molar-refractivity contribution < 1.29 is 13.6 Å². The van der Waals surface area contributed by atoms with Crippen molar-refractivity contribution in [2.75, 3.05) is 20.1 Å². The molecular weight excluding hydrogens is 192 g/mol. The van der Waals surface area contributed by atoms with E-state index in [1.807, 2.05) is 6.92 Å². The van der Waals surface area contributed by atoms with E-state index < -0.39 is 18.4 Å². The molecule has 0 aromatic rings. The minimum Gasteiger partial charge on any atom is -0.300 e. The largest absolute Gasteiger partial charge is 0.338 e. The molecular formula is C8H17F2N3O. The van der Waals surface area contributed by atoms with E-state index in [4.69, 9.17) is 0 Å². The summed E-state index contributed by atoms with van der Waals surface area (Å²) in [6.45, 7) is 1.92. The first-order valence-electron chi connectivity index (χ1n) is 4.51. The molecule has 0 heterocycles. The molecule has 4 nitrogen and oxygen atoms in total. The number of amides is 1. The Morgan fingerprint density at radius 2 is 2.14 bits per heavy atom. The van der Waals surface area contributed by atoms with Crippen LogP contribution in [0.3, 0.4) is 0 Å². The van der Waals surface area contributed by atoms with Crippen molar-refractivity contribution in [3.8, 4) is 0 Å². The Kier molecular flexibility index (Phi) is 5.56. The summed E-state index contributed by atoms with van der Waals surface area (Å²) in [6, 6.07) is 0. The van der Waals surface area contributed by atoms with E-state index in [1.54, 1.807) is 7.05 Å². The van der Waals surface area contributed by atoms with E-state index >= 15 is 0 Å². The van der Waals surface area contributed by atoms with Crippen LogP contribution >= 0.6 is 0 Å². The van der Waals surface area contributed by atoms with Gasteiger partial charge in [0.1, 0.15) is 0 Å². The molecule has 0 aliphatic carbocycles. The Morgan fingerprint density at radius 1 is 1.57 bits per heavy atom. The first-order chi connectivity index (χ1) is 6.44. The highest BCUT2D eigenvalue weighted by atomic mass is 19.3. The van der Waals surface area contributed by atoms with E-state index in [9.17, 15) is 13.6 Å². The van der Waals surface area contributed by atoms with Gasteiger partial charge in [0.25, 0.3) is 0 Å². The minimum absolute atomic E-state index is 0.546. The van der Waals surface area contributed by atoms with Gasteiger partial charge in [0.05, 0.1) is 6.54 Å². The molecule has 0 unspecified atom stereocenters. The van der Waals surface area contributed by atoms with Crippen LogP contribution in [0.15, 0.2) is 0 Å². The second kappa shape index (κ2) is 5.87. The zero-order valence-electron chi connectivity index (χ0n) is 8.52. The topological polar surface area (TPSA) is 58.4 Å².